The molecule has 0 bridgehead atoms. The van der Waals surface area contributed by atoms with Crippen molar-refractivity contribution < 1.29 is 68.1 Å². The van der Waals surface area contributed by atoms with Crippen LogP contribution in [0.3, 0.4) is 0 Å². The van der Waals surface area contributed by atoms with Crippen molar-refractivity contribution in [3.8, 4) is 5.75 Å². The first-order valence-electron chi connectivity index (χ1n) is 30.4. The molecule has 9 amide bonds. The van der Waals surface area contributed by atoms with E-state index in [9.17, 15) is 53.7 Å². The molecule has 9 atom stereocenters. The third kappa shape index (κ3) is 18.6. The van der Waals surface area contributed by atoms with E-state index in [-0.39, 0.29) is 57.2 Å². The number of benzene rings is 5. The van der Waals surface area contributed by atoms with Gasteiger partial charge < -0.3 is 78.9 Å². The average Bonchev–Trinajstić information content (AvgIpc) is 1.76. The van der Waals surface area contributed by atoms with Gasteiger partial charge in [-0.25, -0.2) is 4.79 Å². The largest absolute Gasteiger partial charge is 0.508 e. The molecule has 0 saturated carbocycles. The number of likely N-dealkylation sites (tertiary alicyclic amines) is 1. The van der Waals surface area contributed by atoms with Gasteiger partial charge in [-0.05, 0) is 70.8 Å². The lowest BCUT2D eigenvalue weighted by molar-refractivity contribution is -0.144. The number of aromatic nitrogens is 2. The Morgan fingerprint density at radius 1 is 0.505 bits per heavy atom. The van der Waals surface area contributed by atoms with Crippen molar-refractivity contribution in [1.82, 2.24) is 52.1 Å². The summed E-state index contributed by atoms with van der Waals surface area (Å²) in [5, 5.41) is 49.6. The quantitative estimate of drug-likeness (QED) is 0.0294. The monoisotopic (exact) mass is 1270 g/mol. The number of H-pyrrole nitrogens is 2. The highest BCUT2D eigenvalue weighted by molar-refractivity contribution is 6.00. The van der Waals surface area contributed by atoms with E-state index >= 15 is 14.4 Å². The summed E-state index contributed by atoms with van der Waals surface area (Å²) in [5.74, 6) is -11.5. The molecule has 93 heavy (non-hydrogen) atoms. The fourth-order valence-electron chi connectivity index (χ4n) is 11.2. The number of nitrogens with one attached hydrogen (secondary N) is 9. The molecule has 16 N–H and O–H groups in total. The summed E-state index contributed by atoms with van der Waals surface area (Å²) in [4.78, 5) is 160. The van der Waals surface area contributed by atoms with E-state index in [1.54, 1.807) is 105 Å². The zero-order valence-electron chi connectivity index (χ0n) is 51.1. The SMILES string of the molecule is CC(C)[C@H](NC(=O)[C@@H](Cc1ccc(O)cc1)NC(=O)[C@@H](Cc1ccccc1)NC(=O)[C@H](N)CC(=O)O)C(=O)N[C@@H](Cc1c[nH]c2ccccc12)C(=O)N[C@@H](Cc1c[nH]c2ccccc12)C(=O)N1CCC[C@H]1C(=O)N[C@@H](CC(N)=O)C(=O)N[C@@H](Cc1ccccc1)C(=O)O. The fourth-order valence-corrected chi connectivity index (χ4v) is 11.2. The number of carbonyl (C=O) groups excluding carboxylic acids is 9. The van der Waals surface area contributed by atoms with E-state index in [1.807, 2.05) is 30.3 Å². The Bertz CT molecular complexity index is 3840. The van der Waals surface area contributed by atoms with Gasteiger partial charge in [0.15, 0.2) is 0 Å². The first kappa shape index (κ1) is 68.0. The van der Waals surface area contributed by atoms with Gasteiger partial charge in [-0.3, -0.25) is 47.9 Å². The molecule has 0 unspecified atom stereocenters. The standard InChI is InChI=1S/C67H76N12O14/c1-37(2)58(78-63(88)50(29-40-23-25-43(80)26-24-40)73-60(85)49(28-38-14-5-3-6-15-38)72-59(84)46(68)33-57(82)83)65(90)75-51(31-41-35-70-47-20-11-9-18-44(41)47)61(86)76-53(32-42-36-71-48-21-12-10-19-45(42)48)66(91)79-27-13-22-55(79)64(89)74-52(34-56(69)81)62(87)77-54(67(92)93)30-39-16-7-4-8-17-39/h3-12,14-21,23-26,35-37,46,49-55,58,70-71,80H,13,22,27-34,68H2,1-2H3,(H2,69,81)(H,72,84)(H,73,85)(H,74,89)(H,75,90)(H,76,86)(H,77,87)(H,78,88)(H,82,83)(H,92,93)/t46-,49-,50-,51+,52+,53+,54+,55+,58+/m1/s1. The molecule has 1 saturated heterocycles. The molecule has 2 aromatic heterocycles. The van der Waals surface area contributed by atoms with E-state index in [0.717, 1.165) is 0 Å². The zero-order chi connectivity index (χ0) is 66.9. The summed E-state index contributed by atoms with van der Waals surface area (Å²) in [6.45, 7) is 3.28. The number of amides is 9. The van der Waals surface area contributed by atoms with Crippen LogP contribution in [-0.2, 0) is 84.8 Å². The summed E-state index contributed by atoms with van der Waals surface area (Å²) in [7, 11) is 0. The minimum atomic E-state index is -1.65. The highest BCUT2D eigenvalue weighted by Gasteiger charge is 2.41. The van der Waals surface area contributed by atoms with Crippen molar-refractivity contribution in [2.45, 2.75) is 126 Å². The highest BCUT2D eigenvalue weighted by atomic mass is 16.4. The summed E-state index contributed by atoms with van der Waals surface area (Å²) < 4.78 is 0. The minimum absolute atomic E-state index is 0.00472. The number of carboxylic acid groups (broad SMARTS) is 2. The van der Waals surface area contributed by atoms with E-state index in [1.165, 1.54) is 29.2 Å². The number of carboxylic acids is 2. The number of para-hydroxylation sites is 2. The van der Waals surface area contributed by atoms with Crippen molar-refractivity contribution in [3.05, 3.63) is 174 Å². The average molecular weight is 1270 g/mol. The van der Waals surface area contributed by atoms with Gasteiger partial charge in [0.2, 0.25) is 53.2 Å². The Morgan fingerprint density at radius 3 is 1.47 bits per heavy atom. The normalized spacial score (nSPS) is 15.5. The maximum atomic E-state index is 15.3. The third-order valence-electron chi connectivity index (χ3n) is 16.1. The van der Waals surface area contributed by atoms with Gasteiger partial charge >= 0.3 is 11.9 Å². The van der Waals surface area contributed by atoms with Gasteiger partial charge in [0, 0.05) is 72.8 Å². The molecule has 1 fully saturated rings. The van der Waals surface area contributed by atoms with Gasteiger partial charge in [0.1, 0.15) is 54.1 Å². The highest BCUT2D eigenvalue weighted by Crippen LogP contribution is 2.25. The molecular weight excluding hydrogens is 1200 g/mol. The summed E-state index contributed by atoms with van der Waals surface area (Å²) in [6.07, 6.45) is 1.47. The smallest absolute Gasteiger partial charge is 0.326 e. The molecular formula is C67H76N12O14. The van der Waals surface area contributed by atoms with Crippen LogP contribution >= 0.6 is 0 Å². The zero-order valence-corrected chi connectivity index (χ0v) is 51.1. The molecule has 0 aliphatic carbocycles. The second-order valence-electron chi connectivity index (χ2n) is 23.4. The van der Waals surface area contributed by atoms with Crippen molar-refractivity contribution in [2.75, 3.05) is 6.54 Å². The van der Waals surface area contributed by atoms with Crippen LogP contribution in [0.15, 0.2) is 146 Å². The summed E-state index contributed by atoms with van der Waals surface area (Å²) in [6, 6.07) is 24.1. The molecule has 0 radical (unpaired) electrons. The first-order chi connectivity index (χ1) is 44.5. The number of nitrogens with two attached hydrogens (primary N) is 2. The van der Waals surface area contributed by atoms with Crippen LogP contribution in [0.4, 0.5) is 0 Å². The predicted octanol–water partition coefficient (Wildman–Crippen LogP) is 1.67. The maximum Gasteiger partial charge on any atom is 0.326 e. The molecule has 5 aromatic carbocycles. The lowest BCUT2D eigenvalue weighted by atomic mass is 9.98. The number of phenols is 1. The number of rotatable bonds is 31. The van der Waals surface area contributed by atoms with E-state index < -0.39 is 138 Å². The van der Waals surface area contributed by atoms with Crippen LogP contribution in [0, 0.1) is 5.92 Å². The van der Waals surface area contributed by atoms with Crippen LogP contribution in [0.2, 0.25) is 0 Å². The van der Waals surface area contributed by atoms with Crippen molar-refractivity contribution in [3.63, 3.8) is 0 Å². The fraction of sp³-hybridized carbons (Fsp3) is 0.328. The second-order valence-corrected chi connectivity index (χ2v) is 23.4. The lowest BCUT2D eigenvalue weighted by Gasteiger charge is -2.31. The number of phenolic OH excluding ortho intramolecular Hbond substituents is 1. The van der Waals surface area contributed by atoms with Gasteiger partial charge in [-0.15, -0.1) is 0 Å². The van der Waals surface area contributed by atoms with Crippen molar-refractivity contribution in [2.24, 2.45) is 17.4 Å². The van der Waals surface area contributed by atoms with Crippen LogP contribution in [0.5, 0.6) is 5.75 Å². The number of carbonyl (C=O) groups is 11. The predicted molar refractivity (Wildman–Crippen MR) is 341 cm³/mol. The summed E-state index contributed by atoms with van der Waals surface area (Å²) >= 11 is 0. The molecule has 8 rings (SSSR count). The van der Waals surface area contributed by atoms with Crippen molar-refractivity contribution in [1.29, 1.82) is 0 Å². The van der Waals surface area contributed by atoms with Crippen LogP contribution in [0.25, 0.3) is 21.8 Å². The Balaban J connectivity index is 1.07. The molecule has 488 valence electrons. The molecule has 7 aromatic rings. The number of hydrogen-bond donors (Lipinski definition) is 14. The third-order valence-corrected chi connectivity index (χ3v) is 16.1. The number of primary amides is 1. The molecule has 26 heteroatoms. The Labute approximate surface area is 534 Å². The first-order valence-corrected chi connectivity index (χ1v) is 30.4. The topological polar surface area (TPSA) is 420 Å². The Hall–Kier alpha value is -10.9. The van der Waals surface area contributed by atoms with Gasteiger partial charge in [-0.2, -0.15) is 0 Å². The Morgan fingerprint density at radius 2 is 0.946 bits per heavy atom. The number of hydrogen-bond acceptors (Lipinski definition) is 13. The number of aliphatic carboxylic acids is 2. The van der Waals surface area contributed by atoms with Gasteiger partial charge in [0.05, 0.1) is 18.9 Å². The van der Waals surface area contributed by atoms with Crippen LogP contribution in [0.1, 0.15) is 67.3 Å². The lowest BCUT2D eigenvalue weighted by Crippen LogP contribution is -2.62. The molecule has 1 aliphatic heterocycles. The van der Waals surface area contributed by atoms with E-state index in [2.05, 4.69) is 47.2 Å². The van der Waals surface area contributed by atoms with Gasteiger partial charge in [-0.1, -0.05) is 123 Å². The Kier molecular flexibility index (Phi) is 23.2. The van der Waals surface area contributed by atoms with Crippen molar-refractivity contribution >= 4 is 86.9 Å². The van der Waals surface area contributed by atoms with Crippen LogP contribution < -0.4 is 48.7 Å². The minimum Gasteiger partial charge on any atom is -0.508 e. The molecule has 26 nitrogen and oxygen atoms in total. The molecule has 3 heterocycles. The number of aromatic amines is 2. The number of fused-ring (bicyclic) bond motifs is 2. The number of nitrogens with zero attached hydrogens (tertiary/aromatic N) is 1. The molecule has 0 spiro atoms. The number of aromatic hydroxyl groups is 1. The maximum absolute atomic E-state index is 15.3. The molecule has 1 aliphatic rings. The van der Waals surface area contributed by atoms with E-state index in [4.69, 9.17) is 11.5 Å². The van der Waals surface area contributed by atoms with Gasteiger partial charge in [0.25, 0.3) is 0 Å². The van der Waals surface area contributed by atoms with Crippen LogP contribution in [-0.4, -0.2) is 156 Å². The summed E-state index contributed by atoms with van der Waals surface area (Å²) in [5.41, 5.74) is 15.7. The second kappa shape index (κ2) is 31.7. The van der Waals surface area contributed by atoms with E-state index in [0.29, 0.717) is 49.6 Å².